The third-order valence-electron chi connectivity index (χ3n) is 2.12. The van der Waals surface area contributed by atoms with E-state index in [-0.39, 0.29) is 0 Å². The van der Waals surface area contributed by atoms with E-state index in [9.17, 15) is 13.2 Å². The topological polar surface area (TPSA) is 79.2 Å². The minimum atomic E-state index is -4.84. The van der Waals surface area contributed by atoms with Gasteiger partial charge in [-0.1, -0.05) is 0 Å². The first-order chi connectivity index (χ1) is 6.79. The van der Waals surface area contributed by atoms with Crippen LogP contribution in [0.3, 0.4) is 0 Å². The van der Waals surface area contributed by atoms with Crippen LogP contribution in [0.15, 0.2) is 0 Å². The lowest BCUT2D eigenvalue weighted by atomic mass is 9.98. The van der Waals surface area contributed by atoms with E-state index in [1.54, 1.807) is 0 Å². The SMILES string of the molecule is COC1OC(C(F)(F)F)C(O)C(O)C1O. The summed E-state index contributed by atoms with van der Waals surface area (Å²) in [6.45, 7) is 0. The summed E-state index contributed by atoms with van der Waals surface area (Å²) in [4.78, 5) is 0. The fourth-order valence-corrected chi connectivity index (χ4v) is 1.31. The number of aliphatic hydroxyl groups is 3. The second-order valence-corrected chi connectivity index (χ2v) is 3.17. The van der Waals surface area contributed by atoms with Gasteiger partial charge in [-0.3, -0.25) is 0 Å². The van der Waals surface area contributed by atoms with E-state index in [0.29, 0.717) is 0 Å². The molecule has 0 aromatic heterocycles. The second-order valence-electron chi connectivity index (χ2n) is 3.17. The third-order valence-corrected chi connectivity index (χ3v) is 2.12. The van der Waals surface area contributed by atoms with Crippen LogP contribution in [0.25, 0.3) is 0 Å². The summed E-state index contributed by atoms with van der Waals surface area (Å²) in [5, 5.41) is 27.3. The summed E-state index contributed by atoms with van der Waals surface area (Å²) in [5.74, 6) is 0. The minimum Gasteiger partial charge on any atom is -0.387 e. The second kappa shape index (κ2) is 4.22. The quantitative estimate of drug-likeness (QED) is 0.540. The molecule has 0 aliphatic carbocycles. The molecule has 0 radical (unpaired) electrons. The molecule has 15 heavy (non-hydrogen) atoms. The van der Waals surface area contributed by atoms with Gasteiger partial charge in [0.2, 0.25) is 0 Å². The van der Waals surface area contributed by atoms with Crippen molar-refractivity contribution in [3.63, 3.8) is 0 Å². The molecule has 3 N–H and O–H groups in total. The highest BCUT2D eigenvalue weighted by atomic mass is 19.4. The van der Waals surface area contributed by atoms with Crippen molar-refractivity contribution >= 4 is 0 Å². The van der Waals surface area contributed by atoms with E-state index in [2.05, 4.69) is 9.47 Å². The number of rotatable bonds is 1. The Kier molecular flexibility index (Phi) is 3.56. The van der Waals surface area contributed by atoms with E-state index in [1.165, 1.54) is 0 Å². The molecular weight excluding hydrogens is 221 g/mol. The number of ether oxygens (including phenoxy) is 2. The van der Waals surface area contributed by atoms with Gasteiger partial charge >= 0.3 is 6.18 Å². The Hall–Kier alpha value is -0.410. The van der Waals surface area contributed by atoms with Gasteiger partial charge < -0.3 is 24.8 Å². The summed E-state index contributed by atoms with van der Waals surface area (Å²) in [6, 6.07) is 0. The van der Waals surface area contributed by atoms with Gasteiger partial charge in [-0.15, -0.1) is 0 Å². The lowest BCUT2D eigenvalue weighted by Gasteiger charge is -2.40. The van der Waals surface area contributed by atoms with Crippen LogP contribution in [-0.4, -0.2) is 59.3 Å². The molecule has 1 aliphatic heterocycles. The Labute approximate surface area is 83.0 Å². The van der Waals surface area contributed by atoms with Crippen LogP contribution in [0.1, 0.15) is 0 Å². The van der Waals surface area contributed by atoms with Crippen LogP contribution in [0.2, 0.25) is 0 Å². The minimum absolute atomic E-state index is 1.02. The maximum absolute atomic E-state index is 12.3. The predicted molar refractivity (Wildman–Crippen MR) is 39.7 cm³/mol. The van der Waals surface area contributed by atoms with Crippen LogP contribution >= 0.6 is 0 Å². The number of halogens is 3. The molecule has 1 saturated heterocycles. The third kappa shape index (κ3) is 2.40. The molecule has 5 unspecified atom stereocenters. The standard InChI is InChI=1S/C7H11F3O5/c1-14-6-4(13)2(11)3(12)5(15-6)7(8,9)10/h2-6,11-13H,1H3. The summed E-state index contributed by atoms with van der Waals surface area (Å²) in [7, 11) is 1.02. The van der Waals surface area contributed by atoms with Gasteiger partial charge in [-0.2, -0.15) is 13.2 Å². The molecule has 0 bridgehead atoms. The van der Waals surface area contributed by atoms with Crippen LogP contribution < -0.4 is 0 Å². The summed E-state index contributed by atoms with van der Waals surface area (Å²) in [6.07, 6.45) is -14.9. The van der Waals surface area contributed by atoms with Gasteiger partial charge in [0.05, 0.1) is 0 Å². The Morgan fingerprint density at radius 2 is 1.60 bits per heavy atom. The number of aliphatic hydroxyl groups excluding tert-OH is 3. The zero-order chi connectivity index (χ0) is 11.8. The summed E-state index contributed by atoms with van der Waals surface area (Å²) in [5.41, 5.74) is 0. The first kappa shape index (κ1) is 12.7. The largest absolute Gasteiger partial charge is 0.417 e. The molecule has 1 rings (SSSR count). The van der Waals surface area contributed by atoms with E-state index in [4.69, 9.17) is 15.3 Å². The van der Waals surface area contributed by atoms with Crippen LogP contribution in [0.5, 0.6) is 0 Å². The van der Waals surface area contributed by atoms with Gasteiger partial charge in [-0.25, -0.2) is 0 Å². The van der Waals surface area contributed by atoms with E-state index < -0.39 is 36.9 Å². The molecule has 0 amide bonds. The average Bonchev–Trinajstić information content (AvgIpc) is 2.13. The van der Waals surface area contributed by atoms with Crippen LogP contribution in [-0.2, 0) is 9.47 Å². The van der Waals surface area contributed by atoms with Crippen molar-refractivity contribution in [3.8, 4) is 0 Å². The predicted octanol–water partition coefficient (Wildman–Crippen LogP) is -0.997. The molecule has 0 aromatic rings. The number of methoxy groups -OCH3 is 1. The first-order valence-electron chi connectivity index (χ1n) is 4.08. The Morgan fingerprint density at radius 1 is 1.07 bits per heavy atom. The molecule has 1 heterocycles. The molecule has 5 atom stereocenters. The van der Waals surface area contributed by atoms with Gasteiger partial charge in [0, 0.05) is 7.11 Å². The highest BCUT2D eigenvalue weighted by Crippen LogP contribution is 2.32. The van der Waals surface area contributed by atoms with Crippen molar-refractivity contribution < 1.29 is 38.0 Å². The molecule has 90 valence electrons. The highest BCUT2D eigenvalue weighted by molar-refractivity contribution is 4.92. The molecule has 0 saturated carbocycles. The van der Waals surface area contributed by atoms with Gasteiger partial charge in [0.1, 0.15) is 18.3 Å². The van der Waals surface area contributed by atoms with Gasteiger partial charge in [0.25, 0.3) is 0 Å². The Bertz CT molecular complexity index is 219. The van der Waals surface area contributed by atoms with E-state index in [0.717, 1.165) is 7.11 Å². The van der Waals surface area contributed by atoms with Gasteiger partial charge in [-0.05, 0) is 0 Å². The molecule has 8 heteroatoms. The summed E-state index contributed by atoms with van der Waals surface area (Å²) >= 11 is 0. The molecule has 0 spiro atoms. The Morgan fingerprint density at radius 3 is 2.00 bits per heavy atom. The van der Waals surface area contributed by atoms with Crippen molar-refractivity contribution in [2.45, 2.75) is 36.9 Å². The fraction of sp³-hybridized carbons (Fsp3) is 1.00. The van der Waals surface area contributed by atoms with E-state index >= 15 is 0 Å². The van der Waals surface area contributed by atoms with Crippen molar-refractivity contribution in [3.05, 3.63) is 0 Å². The zero-order valence-electron chi connectivity index (χ0n) is 7.68. The Balaban J connectivity index is 2.83. The van der Waals surface area contributed by atoms with Crippen molar-refractivity contribution in [2.24, 2.45) is 0 Å². The maximum Gasteiger partial charge on any atom is 0.417 e. The average molecular weight is 232 g/mol. The normalized spacial score (nSPS) is 43.0. The molecule has 0 aromatic carbocycles. The molecular formula is C7H11F3O5. The van der Waals surface area contributed by atoms with Crippen LogP contribution in [0, 0.1) is 0 Å². The fourth-order valence-electron chi connectivity index (χ4n) is 1.31. The first-order valence-corrected chi connectivity index (χ1v) is 4.08. The zero-order valence-corrected chi connectivity index (χ0v) is 7.68. The highest BCUT2D eigenvalue weighted by Gasteiger charge is 2.55. The van der Waals surface area contributed by atoms with Crippen molar-refractivity contribution in [1.29, 1.82) is 0 Å². The number of alkyl halides is 3. The van der Waals surface area contributed by atoms with Crippen molar-refractivity contribution in [2.75, 3.05) is 7.11 Å². The lowest BCUT2D eigenvalue weighted by Crippen LogP contribution is -2.61. The van der Waals surface area contributed by atoms with Crippen molar-refractivity contribution in [1.82, 2.24) is 0 Å². The van der Waals surface area contributed by atoms with Gasteiger partial charge in [0.15, 0.2) is 12.4 Å². The molecule has 5 nitrogen and oxygen atoms in total. The monoisotopic (exact) mass is 232 g/mol. The summed E-state index contributed by atoms with van der Waals surface area (Å²) < 4.78 is 45.5. The van der Waals surface area contributed by atoms with E-state index in [1.807, 2.05) is 0 Å². The van der Waals surface area contributed by atoms with Crippen LogP contribution in [0.4, 0.5) is 13.2 Å². The molecule has 1 fully saturated rings. The maximum atomic E-state index is 12.3. The lowest BCUT2D eigenvalue weighted by molar-refractivity contribution is -0.349. The number of hydrogen-bond donors (Lipinski definition) is 3. The smallest absolute Gasteiger partial charge is 0.387 e. The molecule has 1 aliphatic rings. The number of hydrogen-bond acceptors (Lipinski definition) is 5.